The van der Waals surface area contributed by atoms with Crippen molar-refractivity contribution < 1.29 is 9.18 Å². The van der Waals surface area contributed by atoms with E-state index in [1.54, 1.807) is 30.5 Å². The van der Waals surface area contributed by atoms with Crippen LogP contribution in [0.3, 0.4) is 0 Å². The van der Waals surface area contributed by atoms with Crippen LogP contribution in [-0.4, -0.2) is 20.7 Å². The van der Waals surface area contributed by atoms with Crippen LogP contribution < -0.4 is 5.73 Å². The molecule has 110 valence electrons. The third-order valence-corrected chi connectivity index (χ3v) is 3.26. The van der Waals surface area contributed by atoms with Gasteiger partial charge in [0.05, 0.1) is 11.3 Å². The second kappa shape index (κ2) is 5.40. The highest BCUT2D eigenvalue weighted by Gasteiger charge is 2.21. The van der Waals surface area contributed by atoms with E-state index in [2.05, 4.69) is 10.1 Å². The molecule has 0 fully saturated rings. The normalized spacial score (nSPS) is 10.6. The first-order valence-corrected chi connectivity index (χ1v) is 6.64. The molecule has 0 amide bonds. The Bertz CT molecular complexity index is 825. The molecule has 0 saturated carbocycles. The fraction of sp³-hybridized carbons (Fsp3) is 0.0625. The molecule has 22 heavy (non-hydrogen) atoms. The molecule has 3 aromatic rings. The van der Waals surface area contributed by atoms with Crippen molar-refractivity contribution in [1.82, 2.24) is 14.8 Å². The smallest absolute Gasteiger partial charge is 0.245 e. The van der Waals surface area contributed by atoms with Crippen molar-refractivity contribution in [1.29, 1.82) is 0 Å². The predicted molar refractivity (Wildman–Crippen MR) is 81.6 cm³/mol. The summed E-state index contributed by atoms with van der Waals surface area (Å²) >= 11 is 0. The van der Waals surface area contributed by atoms with Gasteiger partial charge in [0.15, 0.2) is 0 Å². The zero-order valence-electron chi connectivity index (χ0n) is 11.8. The summed E-state index contributed by atoms with van der Waals surface area (Å²) in [5.41, 5.74) is 8.38. The van der Waals surface area contributed by atoms with Gasteiger partial charge in [0.2, 0.25) is 5.91 Å². The molecule has 6 heteroatoms. The van der Waals surface area contributed by atoms with Crippen LogP contribution in [0.1, 0.15) is 11.7 Å². The van der Waals surface area contributed by atoms with Gasteiger partial charge in [0, 0.05) is 13.1 Å². The van der Waals surface area contributed by atoms with Gasteiger partial charge in [-0.3, -0.25) is 9.78 Å². The number of carbonyl (C=O) groups excluding carboxylic acids is 1. The molecule has 0 aliphatic heterocycles. The zero-order valence-corrected chi connectivity index (χ0v) is 11.8. The first-order chi connectivity index (χ1) is 10.6. The van der Waals surface area contributed by atoms with Crippen LogP contribution in [0.5, 0.6) is 0 Å². The number of hydrogen-bond donors (Lipinski definition) is 1. The van der Waals surface area contributed by atoms with Gasteiger partial charge in [0.25, 0.3) is 0 Å². The van der Waals surface area contributed by atoms with Gasteiger partial charge in [-0.15, -0.1) is 0 Å². The lowest BCUT2D eigenvalue weighted by molar-refractivity contribution is 0.0924. The Morgan fingerprint density at radius 3 is 2.50 bits per heavy atom. The fourth-order valence-electron chi connectivity index (χ4n) is 2.25. The van der Waals surface area contributed by atoms with Crippen LogP contribution in [0, 0.1) is 5.82 Å². The summed E-state index contributed by atoms with van der Waals surface area (Å²) in [6.07, 6.45) is 1.63. The predicted octanol–water partition coefficient (Wildman–Crippen LogP) is 2.99. The molecule has 0 unspecified atom stereocenters. The van der Waals surface area contributed by atoms with E-state index in [0.717, 1.165) is 4.68 Å². The zero-order chi connectivity index (χ0) is 15.7. The first-order valence-electron chi connectivity index (χ1n) is 6.64. The van der Waals surface area contributed by atoms with Crippen LogP contribution in [-0.2, 0) is 0 Å². The minimum atomic E-state index is -0.347. The Labute approximate surface area is 126 Å². The van der Waals surface area contributed by atoms with E-state index in [9.17, 15) is 9.18 Å². The van der Waals surface area contributed by atoms with Crippen molar-refractivity contribution in [3.8, 4) is 22.5 Å². The van der Waals surface area contributed by atoms with E-state index in [-0.39, 0.29) is 17.5 Å². The number of carbonyl (C=O) groups is 1. The molecule has 1 aromatic carbocycles. The number of aromatic nitrogens is 3. The summed E-state index contributed by atoms with van der Waals surface area (Å²) < 4.78 is 14.3. The number of anilines is 1. The quantitative estimate of drug-likeness (QED) is 0.789. The standard InChI is InChI=1S/C16H13FN4O/c1-10(22)21-16(18)14(11-5-7-12(17)8-6-11)15(20-21)13-4-2-3-9-19-13/h2-9H,18H2,1H3. The minimum Gasteiger partial charge on any atom is -0.383 e. The molecule has 3 rings (SSSR count). The summed E-state index contributed by atoms with van der Waals surface area (Å²) in [6.45, 7) is 1.38. The number of halogens is 1. The van der Waals surface area contributed by atoms with Gasteiger partial charge in [-0.2, -0.15) is 9.78 Å². The molecule has 2 N–H and O–H groups in total. The Morgan fingerprint density at radius 1 is 1.18 bits per heavy atom. The fourth-order valence-corrected chi connectivity index (χ4v) is 2.25. The third kappa shape index (κ3) is 2.35. The summed E-state index contributed by atoms with van der Waals surface area (Å²) in [7, 11) is 0. The summed E-state index contributed by atoms with van der Waals surface area (Å²) in [5, 5.41) is 4.26. The van der Waals surface area contributed by atoms with E-state index >= 15 is 0 Å². The molecule has 0 atom stereocenters. The number of rotatable bonds is 2. The van der Waals surface area contributed by atoms with Gasteiger partial charge in [-0.25, -0.2) is 4.39 Å². The van der Waals surface area contributed by atoms with Crippen molar-refractivity contribution in [2.24, 2.45) is 0 Å². The second-order valence-electron chi connectivity index (χ2n) is 4.76. The minimum absolute atomic E-state index is 0.208. The monoisotopic (exact) mass is 296 g/mol. The van der Waals surface area contributed by atoms with Gasteiger partial charge in [-0.1, -0.05) is 18.2 Å². The summed E-state index contributed by atoms with van der Waals surface area (Å²) in [6, 6.07) is 11.2. The molecule has 0 bridgehead atoms. The molecule has 0 aliphatic carbocycles. The van der Waals surface area contributed by atoms with Crippen LogP contribution >= 0.6 is 0 Å². The highest BCUT2D eigenvalue weighted by atomic mass is 19.1. The molecular formula is C16H13FN4O. The lowest BCUT2D eigenvalue weighted by Crippen LogP contribution is -2.11. The third-order valence-electron chi connectivity index (χ3n) is 3.26. The molecule has 0 radical (unpaired) electrons. The van der Waals surface area contributed by atoms with Gasteiger partial charge >= 0.3 is 0 Å². The average Bonchev–Trinajstić information content (AvgIpc) is 2.87. The van der Waals surface area contributed by atoms with Crippen LogP contribution in [0.15, 0.2) is 48.7 Å². The number of nitrogens with zero attached hydrogens (tertiary/aromatic N) is 3. The summed E-state index contributed by atoms with van der Waals surface area (Å²) in [5.74, 6) is -0.441. The molecule has 2 heterocycles. The Kier molecular flexibility index (Phi) is 3.42. The number of nitrogen functional groups attached to an aromatic ring is 1. The van der Waals surface area contributed by atoms with Crippen molar-refractivity contribution in [2.45, 2.75) is 6.92 Å². The molecule has 0 spiro atoms. The summed E-state index contributed by atoms with van der Waals surface area (Å²) in [4.78, 5) is 15.9. The maximum atomic E-state index is 13.1. The topological polar surface area (TPSA) is 73.8 Å². The van der Waals surface area contributed by atoms with Crippen LogP contribution in [0.2, 0.25) is 0 Å². The van der Waals surface area contributed by atoms with Crippen molar-refractivity contribution >= 4 is 11.7 Å². The van der Waals surface area contributed by atoms with Gasteiger partial charge in [-0.05, 0) is 29.8 Å². The van der Waals surface area contributed by atoms with E-state index in [1.807, 2.05) is 6.07 Å². The first kappa shape index (κ1) is 13.9. The number of benzene rings is 1. The lowest BCUT2D eigenvalue weighted by atomic mass is 10.0. The van der Waals surface area contributed by atoms with Gasteiger partial charge in [0.1, 0.15) is 17.3 Å². The van der Waals surface area contributed by atoms with E-state index in [4.69, 9.17) is 5.73 Å². The molecule has 2 aromatic heterocycles. The second-order valence-corrected chi connectivity index (χ2v) is 4.76. The molecule has 5 nitrogen and oxygen atoms in total. The SMILES string of the molecule is CC(=O)n1nc(-c2ccccn2)c(-c2ccc(F)cc2)c1N. The maximum Gasteiger partial charge on any atom is 0.245 e. The maximum absolute atomic E-state index is 13.1. The average molecular weight is 296 g/mol. The highest BCUT2D eigenvalue weighted by Crippen LogP contribution is 2.35. The Hall–Kier alpha value is -3.02. The molecular weight excluding hydrogens is 283 g/mol. The van der Waals surface area contributed by atoms with Gasteiger partial charge < -0.3 is 5.73 Å². The number of nitrogens with two attached hydrogens (primary N) is 1. The van der Waals surface area contributed by atoms with E-state index < -0.39 is 0 Å². The highest BCUT2D eigenvalue weighted by molar-refractivity contribution is 5.92. The van der Waals surface area contributed by atoms with Crippen molar-refractivity contribution in [2.75, 3.05) is 5.73 Å². The van der Waals surface area contributed by atoms with E-state index in [1.165, 1.54) is 19.1 Å². The van der Waals surface area contributed by atoms with Crippen molar-refractivity contribution in [3.05, 3.63) is 54.5 Å². The Morgan fingerprint density at radius 2 is 1.91 bits per heavy atom. The van der Waals surface area contributed by atoms with Crippen LogP contribution in [0.25, 0.3) is 22.5 Å². The molecule has 0 saturated heterocycles. The molecule has 0 aliphatic rings. The van der Waals surface area contributed by atoms with Crippen molar-refractivity contribution in [3.63, 3.8) is 0 Å². The van der Waals surface area contributed by atoms with Crippen LogP contribution in [0.4, 0.5) is 10.2 Å². The number of pyridine rings is 1. The largest absolute Gasteiger partial charge is 0.383 e. The Balaban J connectivity index is 2.27. The lowest BCUT2D eigenvalue weighted by Gasteiger charge is -2.04. The van der Waals surface area contributed by atoms with E-state index in [0.29, 0.717) is 22.5 Å². The number of hydrogen-bond acceptors (Lipinski definition) is 4.